The number of fused-ring (bicyclic) bond motifs is 1. The molecule has 0 aliphatic rings. The Labute approximate surface area is 146 Å². The third-order valence-electron chi connectivity index (χ3n) is 4.55. The molecule has 0 heteroatoms. The lowest BCUT2D eigenvalue weighted by Crippen LogP contribution is -1.99. The van der Waals surface area contributed by atoms with Crippen molar-refractivity contribution in [3.05, 3.63) is 95.6 Å². The molecule has 3 aromatic rings. The third kappa shape index (κ3) is 4.58. The lowest BCUT2D eigenvalue weighted by atomic mass is 9.86. The predicted octanol–water partition coefficient (Wildman–Crippen LogP) is 7.29. The fourth-order valence-electron chi connectivity index (χ4n) is 3.08. The summed E-state index contributed by atoms with van der Waals surface area (Å²) in [7, 11) is 0. The zero-order valence-corrected chi connectivity index (χ0v) is 15.3. The summed E-state index contributed by atoms with van der Waals surface area (Å²) in [5.41, 5.74) is 4.24. The van der Waals surface area contributed by atoms with Gasteiger partial charge in [-0.25, -0.2) is 0 Å². The average molecular weight is 316 g/mol. The second-order valence-electron chi connectivity index (χ2n) is 6.22. The molecule has 1 atom stereocenters. The molecule has 0 saturated carbocycles. The predicted molar refractivity (Wildman–Crippen MR) is 108 cm³/mol. The number of benzene rings is 3. The third-order valence-corrected chi connectivity index (χ3v) is 4.55. The Hall–Kier alpha value is -2.34. The summed E-state index contributed by atoms with van der Waals surface area (Å²) in [6, 6.07) is 25.5. The van der Waals surface area contributed by atoms with Crippen molar-refractivity contribution in [3.63, 3.8) is 0 Å². The highest BCUT2D eigenvalue weighted by atomic mass is 14.2. The monoisotopic (exact) mass is 316 g/mol. The van der Waals surface area contributed by atoms with Crippen molar-refractivity contribution in [2.45, 2.75) is 40.0 Å². The molecule has 0 bridgehead atoms. The fourth-order valence-corrected chi connectivity index (χ4v) is 3.08. The van der Waals surface area contributed by atoms with Gasteiger partial charge in [-0.2, -0.15) is 0 Å². The van der Waals surface area contributed by atoms with E-state index in [2.05, 4.69) is 88.4 Å². The highest BCUT2D eigenvalue weighted by Crippen LogP contribution is 2.32. The van der Waals surface area contributed by atoms with Crippen LogP contribution >= 0.6 is 0 Å². The van der Waals surface area contributed by atoms with Crippen LogP contribution < -0.4 is 0 Å². The Morgan fingerprint density at radius 1 is 0.875 bits per heavy atom. The molecular weight excluding hydrogens is 288 g/mol. The van der Waals surface area contributed by atoms with Gasteiger partial charge in [0.1, 0.15) is 0 Å². The van der Waals surface area contributed by atoms with Crippen LogP contribution in [0.5, 0.6) is 0 Å². The molecule has 124 valence electrons. The van der Waals surface area contributed by atoms with Gasteiger partial charge in [-0.05, 0) is 43.5 Å². The van der Waals surface area contributed by atoms with E-state index < -0.39 is 0 Å². The molecule has 3 aromatic carbocycles. The van der Waals surface area contributed by atoms with E-state index in [1.54, 1.807) is 0 Å². The van der Waals surface area contributed by atoms with E-state index in [1.165, 1.54) is 27.5 Å². The van der Waals surface area contributed by atoms with Crippen molar-refractivity contribution >= 4 is 10.8 Å². The van der Waals surface area contributed by atoms with Crippen LogP contribution in [0.3, 0.4) is 0 Å². The van der Waals surface area contributed by atoms with Gasteiger partial charge in [-0.3, -0.25) is 0 Å². The van der Waals surface area contributed by atoms with Crippen LogP contribution in [0.25, 0.3) is 10.8 Å². The lowest BCUT2D eigenvalue weighted by molar-refractivity contribution is 0.764. The molecule has 24 heavy (non-hydrogen) atoms. The normalized spacial score (nSPS) is 12.4. The molecule has 0 fully saturated rings. The van der Waals surface area contributed by atoms with Crippen molar-refractivity contribution in [1.29, 1.82) is 0 Å². The molecule has 0 spiro atoms. The number of aryl methyl sites for hydroxylation is 1. The highest BCUT2D eigenvalue weighted by molar-refractivity contribution is 5.86. The Morgan fingerprint density at radius 2 is 1.50 bits per heavy atom. The molecule has 0 N–H and O–H groups in total. The second kappa shape index (κ2) is 9.08. The molecule has 0 aliphatic heterocycles. The molecule has 0 heterocycles. The zero-order valence-electron chi connectivity index (χ0n) is 15.3. The molecule has 1 unspecified atom stereocenters. The van der Waals surface area contributed by atoms with Gasteiger partial charge in [0.05, 0.1) is 0 Å². The highest BCUT2D eigenvalue weighted by Gasteiger charge is 2.13. The van der Waals surface area contributed by atoms with Crippen LogP contribution in [0, 0.1) is 6.92 Å². The van der Waals surface area contributed by atoms with Crippen LogP contribution in [-0.4, -0.2) is 0 Å². The molecule has 0 aromatic heterocycles. The Bertz CT molecular complexity index is 776. The minimum Gasteiger partial charge on any atom is -0.0881 e. The van der Waals surface area contributed by atoms with Gasteiger partial charge in [0.15, 0.2) is 0 Å². The van der Waals surface area contributed by atoms with Crippen LogP contribution in [-0.2, 0) is 0 Å². The Balaban J connectivity index is 0.000000249. The van der Waals surface area contributed by atoms with E-state index in [9.17, 15) is 0 Å². The first-order valence-electron chi connectivity index (χ1n) is 8.79. The molecule has 0 saturated heterocycles. The Kier molecular flexibility index (Phi) is 6.81. The summed E-state index contributed by atoms with van der Waals surface area (Å²) in [6.45, 7) is 8.71. The number of hydrogen-bond donors (Lipinski definition) is 0. The van der Waals surface area contributed by atoms with Crippen molar-refractivity contribution in [2.75, 3.05) is 0 Å². The van der Waals surface area contributed by atoms with E-state index >= 15 is 0 Å². The summed E-state index contributed by atoms with van der Waals surface area (Å²) in [5, 5.41) is 2.73. The standard InChI is InChI=1S/C17H20.C7H8/c1-4-13(3)15(5-2)17-12-8-10-14-9-6-7-11-16(14)17;1-7-5-3-2-4-6-7/h4,6-12,15H,5H2,1-3H3;2-6H,1H3/b13-4+;. The van der Waals surface area contributed by atoms with Crippen molar-refractivity contribution in [2.24, 2.45) is 0 Å². The maximum atomic E-state index is 2.27. The molecule has 0 amide bonds. The summed E-state index contributed by atoms with van der Waals surface area (Å²) >= 11 is 0. The van der Waals surface area contributed by atoms with Gasteiger partial charge in [0.2, 0.25) is 0 Å². The Morgan fingerprint density at radius 3 is 2.08 bits per heavy atom. The number of rotatable bonds is 3. The first-order valence-corrected chi connectivity index (χ1v) is 8.79. The van der Waals surface area contributed by atoms with Crippen LogP contribution in [0.2, 0.25) is 0 Å². The first-order chi connectivity index (χ1) is 11.7. The first kappa shape index (κ1) is 18.0. The second-order valence-corrected chi connectivity index (χ2v) is 6.22. The quantitative estimate of drug-likeness (QED) is 0.445. The minimum atomic E-state index is 0.547. The van der Waals surface area contributed by atoms with Gasteiger partial charge in [-0.1, -0.05) is 96.9 Å². The molecule has 0 nitrogen and oxygen atoms in total. The van der Waals surface area contributed by atoms with Crippen molar-refractivity contribution < 1.29 is 0 Å². The van der Waals surface area contributed by atoms with Crippen molar-refractivity contribution in [3.8, 4) is 0 Å². The van der Waals surface area contributed by atoms with E-state index in [1.807, 2.05) is 18.2 Å². The van der Waals surface area contributed by atoms with Gasteiger partial charge >= 0.3 is 0 Å². The number of allylic oxidation sites excluding steroid dienone is 2. The topological polar surface area (TPSA) is 0 Å². The maximum absolute atomic E-state index is 2.27. The van der Waals surface area contributed by atoms with E-state index in [0.29, 0.717) is 5.92 Å². The largest absolute Gasteiger partial charge is 0.0881 e. The van der Waals surface area contributed by atoms with Crippen LogP contribution in [0.1, 0.15) is 44.2 Å². The van der Waals surface area contributed by atoms with Crippen LogP contribution in [0.15, 0.2) is 84.4 Å². The van der Waals surface area contributed by atoms with Crippen LogP contribution in [0.4, 0.5) is 0 Å². The van der Waals surface area contributed by atoms with E-state index in [4.69, 9.17) is 0 Å². The van der Waals surface area contributed by atoms with E-state index in [0.717, 1.165) is 6.42 Å². The van der Waals surface area contributed by atoms with Crippen molar-refractivity contribution in [1.82, 2.24) is 0 Å². The van der Waals surface area contributed by atoms with Gasteiger partial charge in [0.25, 0.3) is 0 Å². The molecule has 0 radical (unpaired) electrons. The molecule has 3 rings (SSSR count). The smallest absolute Gasteiger partial charge is 0.00488 e. The maximum Gasteiger partial charge on any atom is 0.00488 e. The van der Waals surface area contributed by atoms with E-state index in [-0.39, 0.29) is 0 Å². The lowest BCUT2D eigenvalue weighted by Gasteiger charge is -2.18. The minimum absolute atomic E-state index is 0.547. The summed E-state index contributed by atoms with van der Waals surface area (Å²) < 4.78 is 0. The number of hydrogen-bond acceptors (Lipinski definition) is 0. The zero-order chi connectivity index (χ0) is 17.4. The summed E-state index contributed by atoms with van der Waals surface area (Å²) in [5.74, 6) is 0.547. The van der Waals surface area contributed by atoms with Gasteiger partial charge < -0.3 is 0 Å². The summed E-state index contributed by atoms with van der Waals surface area (Å²) in [4.78, 5) is 0. The summed E-state index contributed by atoms with van der Waals surface area (Å²) in [6.07, 6.45) is 3.39. The fraction of sp³-hybridized carbons (Fsp3) is 0.250. The molecular formula is C24H28. The van der Waals surface area contributed by atoms with Gasteiger partial charge in [-0.15, -0.1) is 0 Å². The molecule has 0 aliphatic carbocycles. The average Bonchev–Trinajstić information content (AvgIpc) is 2.63. The SMILES string of the molecule is C/C=C(\C)C(CC)c1cccc2ccccc12.Cc1ccccc1. The van der Waals surface area contributed by atoms with Gasteiger partial charge in [0, 0.05) is 5.92 Å².